The topological polar surface area (TPSA) is 109 Å². The van der Waals surface area contributed by atoms with Gasteiger partial charge in [-0.25, -0.2) is 0 Å². The van der Waals surface area contributed by atoms with E-state index in [-0.39, 0.29) is 36.4 Å². The quantitative estimate of drug-likeness (QED) is 0.443. The highest BCUT2D eigenvalue weighted by molar-refractivity contribution is 5.98. The van der Waals surface area contributed by atoms with Crippen LogP contribution in [-0.2, 0) is 9.53 Å². The predicted octanol–water partition coefficient (Wildman–Crippen LogP) is 3.17. The Hall–Kier alpha value is -3.39. The molecule has 1 fully saturated rings. The molecule has 3 rings (SSSR count). The monoisotopic (exact) mass is 452 g/mol. The Bertz CT molecular complexity index is 955. The first-order valence-corrected chi connectivity index (χ1v) is 11.4. The highest BCUT2D eigenvalue weighted by atomic mass is 16.5. The Morgan fingerprint density at radius 2 is 1.82 bits per heavy atom. The molecule has 8 nitrogen and oxygen atoms in total. The first-order chi connectivity index (χ1) is 15.9. The molecule has 0 bridgehead atoms. The van der Waals surface area contributed by atoms with Gasteiger partial charge < -0.3 is 26.0 Å². The van der Waals surface area contributed by atoms with Gasteiger partial charge in [0.2, 0.25) is 5.91 Å². The van der Waals surface area contributed by atoms with Crippen molar-refractivity contribution in [2.75, 3.05) is 30.3 Å². The molecule has 1 aliphatic heterocycles. The van der Waals surface area contributed by atoms with Crippen LogP contribution in [0.2, 0.25) is 0 Å². The number of carbonyl (C=O) groups is 3. The minimum absolute atomic E-state index is 0.0495. The van der Waals surface area contributed by atoms with E-state index in [1.54, 1.807) is 48.5 Å². The van der Waals surface area contributed by atoms with Gasteiger partial charge in [-0.3, -0.25) is 14.4 Å². The van der Waals surface area contributed by atoms with E-state index in [0.29, 0.717) is 23.4 Å². The summed E-state index contributed by atoms with van der Waals surface area (Å²) >= 11 is 0. The average Bonchev–Trinajstić information content (AvgIpc) is 3.35. The van der Waals surface area contributed by atoms with Gasteiger partial charge in [0, 0.05) is 41.7 Å². The molecule has 2 aromatic carbocycles. The number of hydrogen-bond acceptors (Lipinski definition) is 5. The maximum Gasteiger partial charge on any atom is 0.251 e. The first kappa shape index (κ1) is 24.3. The largest absolute Gasteiger partial charge is 0.376 e. The van der Waals surface area contributed by atoms with Gasteiger partial charge in [0.15, 0.2) is 0 Å². The van der Waals surface area contributed by atoms with E-state index in [2.05, 4.69) is 21.3 Å². The summed E-state index contributed by atoms with van der Waals surface area (Å²) in [6.07, 6.45) is 2.92. The van der Waals surface area contributed by atoms with Crippen molar-refractivity contribution in [3.05, 3.63) is 59.7 Å². The van der Waals surface area contributed by atoms with Crippen LogP contribution in [0.1, 0.15) is 53.8 Å². The molecule has 0 saturated carbocycles. The van der Waals surface area contributed by atoms with E-state index in [0.717, 1.165) is 31.6 Å². The molecule has 4 N–H and O–H groups in total. The van der Waals surface area contributed by atoms with Crippen molar-refractivity contribution in [3.8, 4) is 0 Å². The standard InChI is InChI=1S/C25H32N4O4/c1-3-17(2)28-25(32)18-9-11-20(12-10-18)26-16-23(30)29-21-7-4-6-19(14-21)24(31)27-15-22-8-5-13-33-22/h4,6-7,9-12,14,17,22,26H,3,5,8,13,15-16H2,1-2H3,(H,27,31)(H,28,32)(H,29,30). The lowest BCUT2D eigenvalue weighted by molar-refractivity contribution is -0.114. The lowest BCUT2D eigenvalue weighted by atomic mass is 10.1. The predicted molar refractivity (Wildman–Crippen MR) is 129 cm³/mol. The fourth-order valence-electron chi connectivity index (χ4n) is 3.39. The van der Waals surface area contributed by atoms with Gasteiger partial charge in [-0.2, -0.15) is 0 Å². The molecule has 33 heavy (non-hydrogen) atoms. The highest BCUT2D eigenvalue weighted by Gasteiger charge is 2.17. The van der Waals surface area contributed by atoms with Crippen LogP contribution in [0.3, 0.4) is 0 Å². The molecule has 2 atom stereocenters. The number of anilines is 2. The van der Waals surface area contributed by atoms with Crippen LogP contribution in [0.25, 0.3) is 0 Å². The molecule has 0 aromatic heterocycles. The number of amides is 3. The number of benzene rings is 2. The van der Waals surface area contributed by atoms with Crippen LogP contribution >= 0.6 is 0 Å². The first-order valence-electron chi connectivity index (χ1n) is 11.4. The lowest BCUT2D eigenvalue weighted by Crippen LogP contribution is -2.31. The third-order valence-corrected chi connectivity index (χ3v) is 5.51. The Kier molecular flexibility index (Phi) is 8.83. The van der Waals surface area contributed by atoms with E-state index in [9.17, 15) is 14.4 Å². The molecule has 0 aliphatic carbocycles. The molecule has 8 heteroatoms. The molecular weight excluding hydrogens is 420 g/mol. The van der Waals surface area contributed by atoms with Crippen LogP contribution in [0.4, 0.5) is 11.4 Å². The molecule has 2 unspecified atom stereocenters. The van der Waals surface area contributed by atoms with Gasteiger partial charge in [0.05, 0.1) is 12.6 Å². The summed E-state index contributed by atoms with van der Waals surface area (Å²) in [4.78, 5) is 36.9. The van der Waals surface area contributed by atoms with Gasteiger partial charge in [-0.05, 0) is 68.7 Å². The summed E-state index contributed by atoms with van der Waals surface area (Å²) in [5.74, 6) is -0.559. The van der Waals surface area contributed by atoms with E-state index in [4.69, 9.17) is 4.74 Å². The zero-order valence-electron chi connectivity index (χ0n) is 19.1. The number of hydrogen-bond donors (Lipinski definition) is 4. The Labute approximate surface area is 194 Å². The molecule has 2 aromatic rings. The van der Waals surface area contributed by atoms with Gasteiger partial charge in [0.25, 0.3) is 11.8 Å². The number of ether oxygens (including phenoxy) is 1. The van der Waals surface area contributed by atoms with Crippen molar-refractivity contribution in [2.24, 2.45) is 0 Å². The van der Waals surface area contributed by atoms with Crippen molar-refractivity contribution in [2.45, 2.75) is 45.3 Å². The Morgan fingerprint density at radius 1 is 1.03 bits per heavy atom. The summed E-state index contributed by atoms with van der Waals surface area (Å²) in [7, 11) is 0. The van der Waals surface area contributed by atoms with Crippen LogP contribution in [-0.4, -0.2) is 49.6 Å². The maximum absolute atomic E-state index is 12.4. The molecule has 0 spiro atoms. The van der Waals surface area contributed by atoms with Crippen molar-refractivity contribution < 1.29 is 19.1 Å². The molecule has 0 radical (unpaired) electrons. The second-order valence-electron chi connectivity index (χ2n) is 8.19. The molecule has 1 heterocycles. The van der Waals surface area contributed by atoms with Gasteiger partial charge >= 0.3 is 0 Å². The van der Waals surface area contributed by atoms with E-state index < -0.39 is 0 Å². The van der Waals surface area contributed by atoms with E-state index >= 15 is 0 Å². The summed E-state index contributed by atoms with van der Waals surface area (Å²) in [5.41, 5.74) is 2.32. The molecule has 1 aliphatic rings. The Morgan fingerprint density at radius 3 is 2.52 bits per heavy atom. The van der Waals surface area contributed by atoms with Crippen molar-refractivity contribution in [1.82, 2.24) is 10.6 Å². The highest BCUT2D eigenvalue weighted by Crippen LogP contribution is 2.14. The lowest BCUT2D eigenvalue weighted by Gasteiger charge is -2.12. The average molecular weight is 453 g/mol. The molecular formula is C25H32N4O4. The fourth-order valence-corrected chi connectivity index (χ4v) is 3.39. The SMILES string of the molecule is CCC(C)NC(=O)c1ccc(NCC(=O)Nc2cccc(C(=O)NCC3CCCO3)c2)cc1. The minimum atomic E-state index is -0.245. The normalized spacial score (nSPS) is 16.0. The second kappa shape index (κ2) is 12.0. The summed E-state index contributed by atoms with van der Waals surface area (Å²) in [6.45, 7) is 5.25. The number of rotatable bonds is 10. The van der Waals surface area contributed by atoms with Crippen LogP contribution in [0.5, 0.6) is 0 Å². The van der Waals surface area contributed by atoms with Crippen LogP contribution in [0.15, 0.2) is 48.5 Å². The smallest absolute Gasteiger partial charge is 0.251 e. The Balaban J connectivity index is 1.46. The molecule has 1 saturated heterocycles. The van der Waals surface area contributed by atoms with Crippen molar-refractivity contribution in [1.29, 1.82) is 0 Å². The number of nitrogens with one attached hydrogen (secondary N) is 4. The molecule has 176 valence electrons. The zero-order chi connectivity index (χ0) is 23.6. The minimum Gasteiger partial charge on any atom is -0.376 e. The van der Waals surface area contributed by atoms with Crippen LogP contribution < -0.4 is 21.3 Å². The van der Waals surface area contributed by atoms with Gasteiger partial charge in [-0.15, -0.1) is 0 Å². The maximum atomic E-state index is 12.4. The van der Waals surface area contributed by atoms with Crippen LogP contribution in [0, 0.1) is 0 Å². The third kappa shape index (κ3) is 7.61. The second-order valence-corrected chi connectivity index (χ2v) is 8.19. The van der Waals surface area contributed by atoms with Crippen molar-refractivity contribution >= 4 is 29.1 Å². The van der Waals surface area contributed by atoms with Gasteiger partial charge in [-0.1, -0.05) is 13.0 Å². The number of carbonyl (C=O) groups excluding carboxylic acids is 3. The summed E-state index contributed by atoms with van der Waals surface area (Å²) in [6, 6.07) is 13.9. The summed E-state index contributed by atoms with van der Waals surface area (Å²) in [5, 5.41) is 11.6. The molecule has 3 amide bonds. The van der Waals surface area contributed by atoms with E-state index in [1.165, 1.54) is 0 Å². The zero-order valence-corrected chi connectivity index (χ0v) is 19.1. The van der Waals surface area contributed by atoms with E-state index in [1.807, 2.05) is 13.8 Å². The summed E-state index contributed by atoms with van der Waals surface area (Å²) < 4.78 is 5.52. The fraction of sp³-hybridized carbons (Fsp3) is 0.400. The van der Waals surface area contributed by atoms with Gasteiger partial charge in [0.1, 0.15) is 0 Å². The third-order valence-electron chi connectivity index (χ3n) is 5.51. The van der Waals surface area contributed by atoms with Crippen molar-refractivity contribution in [3.63, 3.8) is 0 Å².